The van der Waals surface area contributed by atoms with Crippen molar-refractivity contribution in [3.8, 4) is 0 Å². The molecule has 1 aromatic rings. The third-order valence-corrected chi connectivity index (χ3v) is 4.43. The van der Waals surface area contributed by atoms with Crippen LogP contribution in [0.25, 0.3) is 0 Å². The van der Waals surface area contributed by atoms with Crippen molar-refractivity contribution in [1.29, 1.82) is 0 Å². The van der Waals surface area contributed by atoms with Crippen LogP contribution in [0.4, 0.5) is 0 Å². The molecule has 1 fully saturated rings. The Balaban J connectivity index is 1.82. The molecule has 0 spiro atoms. The van der Waals surface area contributed by atoms with E-state index in [0.29, 0.717) is 5.92 Å². The summed E-state index contributed by atoms with van der Waals surface area (Å²) in [5.41, 5.74) is 0. The minimum atomic E-state index is 0.682. The van der Waals surface area contributed by atoms with Crippen LogP contribution in [0, 0.1) is 5.92 Å². The van der Waals surface area contributed by atoms with Crippen LogP contribution in [0.15, 0.2) is 16.5 Å². The predicted octanol–water partition coefficient (Wildman–Crippen LogP) is 4.18. The van der Waals surface area contributed by atoms with Crippen molar-refractivity contribution in [3.63, 3.8) is 0 Å². The van der Waals surface area contributed by atoms with Crippen LogP contribution in [-0.2, 0) is 13.1 Å². The number of hydrogen-bond donors (Lipinski definition) is 1. The van der Waals surface area contributed by atoms with E-state index in [1.54, 1.807) is 0 Å². The van der Waals surface area contributed by atoms with Gasteiger partial charge in [0.15, 0.2) is 0 Å². The lowest BCUT2D eigenvalue weighted by atomic mass is 9.94. The Kier molecular flexibility index (Phi) is 6.78. The molecule has 3 nitrogen and oxygen atoms in total. The summed E-state index contributed by atoms with van der Waals surface area (Å²) in [4.78, 5) is 2.59. The first-order chi connectivity index (χ1) is 10.2. The Morgan fingerprint density at radius 1 is 1.19 bits per heavy atom. The van der Waals surface area contributed by atoms with Gasteiger partial charge in [0, 0.05) is 6.04 Å². The molecule has 1 aliphatic rings. The lowest BCUT2D eigenvalue weighted by Crippen LogP contribution is -2.35. The highest BCUT2D eigenvalue weighted by Gasteiger charge is 2.20. The first-order valence-electron chi connectivity index (χ1n) is 8.71. The molecule has 0 radical (unpaired) electrons. The maximum atomic E-state index is 5.98. The number of rotatable bonds is 8. The standard InChI is InChI=1S/C18H32N2O/c1-4-20(16-8-6-5-7-9-16)14-18-11-10-17(21-18)13-19-12-15(2)3/h10-11,15-16,19H,4-9,12-14H2,1-3H3. The first kappa shape index (κ1) is 16.6. The topological polar surface area (TPSA) is 28.4 Å². The van der Waals surface area contributed by atoms with Crippen LogP contribution in [-0.4, -0.2) is 24.0 Å². The second-order valence-corrected chi connectivity index (χ2v) is 6.75. The third-order valence-electron chi connectivity index (χ3n) is 4.43. The highest BCUT2D eigenvalue weighted by molar-refractivity contribution is 5.07. The van der Waals surface area contributed by atoms with Crippen LogP contribution in [0.5, 0.6) is 0 Å². The van der Waals surface area contributed by atoms with Gasteiger partial charge in [0.2, 0.25) is 0 Å². The van der Waals surface area contributed by atoms with Crippen molar-refractivity contribution in [2.75, 3.05) is 13.1 Å². The van der Waals surface area contributed by atoms with E-state index in [0.717, 1.165) is 43.7 Å². The molecule has 1 saturated carbocycles. The van der Waals surface area contributed by atoms with E-state index in [2.05, 4.69) is 43.1 Å². The quantitative estimate of drug-likeness (QED) is 0.779. The Labute approximate surface area is 130 Å². The van der Waals surface area contributed by atoms with E-state index in [1.807, 2.05) is 0 Å². The van der Waals surface area contributed by atoms with E-state index in [9.17, 15) is 0 Å². The molecule has 0 saturated heterocycles. The van der Waals surface area contributed by atoms with Crippen molar-refractivity contribution in [2.45, 2.75) is 72.0 Å². The molecule has 21 heavy (non-hydrogen) atoms. The average molecular weight is 292 g/mol. The average Bonchev–Trinajstić information content (AvgIpc) is 2.93. The summed E-state index contributed by atoms with van der Waals surface area (Å²) in [6.45, 7) is 10.7. The maximum absolute atomic E-state index is 5.98. The van der Waals surface area contributed by atoms with Gasteiger partial charge < -0.3 is 9.73 Å². The zero-order chi connectivity index (χ0) is 15.1. The Morgan fingerprint density at radius 3 is 2.57 bits per heavy atom. The minimum Gasteiger partial charge on any atom is -0.463 e. The van der Waals surface area contributed by atoms with Crippen LogP contribution < -0.4 is 5.32 Å². The van der Waals surface area contributed by atoms with E-state index < -0.39 is 0 Å². The summed E-state index contributed by atoms with van der Waals surface area (Å²) in [5, 5.41) is 3.44. The fourth-order valence-electron chi connectivity index (χ4n) is 3.23. The van der Waals surface area contributed by atoms with Crippen molar-refractivity contribution in [2.24, 2.45) is 5.92 Å². The summed E-state index contributed by atoms with van der Waals surface area (Å²) in [7, 11) is 0. The number of furan rings is 1. The minimum absolute atomic E-state index is 0.682. The fraction of sp³-hybridized carbons (Fsp3) is 0.778. The summed E-state index contributed by atoms with van der Waals surface area (Å²) < 4.78 is 5.98. The fourth-order valence-corrected chi connectivity index (χ4v) is 3.23. The zero-order valence-electron chi connectivity index (χ0n) is 14.0. The van der Waals surface area contributed by atoms with E-state index in [1.165, 1.54) is 32.1 Å². The highest BCUT2D eigenvalue weighted by atomic mass is 16.3. The van der Waals surface area contributed by atoms with Gasteiger partial charge in [-0.2, -0.15) is 0 Å². The van der Waals surface area contributed by atoms with Gasteiger partial charge in [-0.05, 0) is 44.0 Å². The summed E-state index contributed by atoms with van der Waals surface area (Å²) in [6, 6.07) is 5.03. The second kappa shape index (κ2) is 8.60. The smallest absolute Gasteiger partial charge is 0.118 e. The van der Waals surface area contributed by atoms with Gasteiger partial charge in [0.05, 0.1) is 13.1 Å². The molecule has 1 heterocycles. The highest BCUT2D eigenvalue weighted by Crippen LogP contribution is 2.24. The molecule has 1 N–H and O–H groups in total. The number of hydrogen-bond acceptors (Lipinski definition) is 3. The molecule has 0 amide bonds. The molecule has 0 atom stereocenters. The molecule has 0 aromatic carbocycles. The van der Waals surface area contributed by atoms with Gasteiger partial charge in [-0.3, -0.25) is 4.90 Å². The van der Waals surface area contributed by atoms with Crippen molar-refractivity contribution in [3.05, 3.63) is 23.7 Å². The SMILES string of the molecule is CCN(Cc1ccc(CNCC(C)C)o1)C1CCCCC1. The van der Waals surface area contributed by atoms with Crippen molar-refractivity contribution >= 4 is 0 Å². The lowest BCUT2D eigenvalue weighted by Gasteiger charge is -2.32. The van der Waals surface area contributed by atoms with Gasteiger partial charge >= 0.3 is 0 Å². The Morgan fingerprint density at radius 2 is 1.90 bits per heavy atom. The van der Waals surface area contributed by atoms with Gasteiger partial charge in [-0.15, -0.1) is 0 Å². The van der Waals surface area contributed by atoms with E-state index in [4.69, 9.17) is 4.42 Å². The van der Waals surface area contributed by atoms with Crippen LogP contribution in [0.1, 0.15) is 64.4 Å². The molecule has 1 aliphatic carbocycles. The van der Waals surface area contributed by atoms with Crippen LogP contribution >= 0.6 is 0 Å². The van der Waals surface area contributed by atoms with E-state index in [-0.39, 0.29) is 0 Å². The molecule has 0 bridgehead atoms. The first-order valence-corrected chi connectivity index (χ1v) is 8.71. The number of nitrogens with zero attached hydrogens (tertiary/aromatic N) is 1. The second-order valence-electron chi connectivity index (χ2n) is 6.75. The third kappa shape index (κ3) is 5.48. The molecule has 120 valence electrons. The van der Waals surface area contributed by atoms with Gasteiger partial charge in [-0.1, -0.05) is 40.0 Å². The Hall–Kier alpha value is -0.800. The maximum Gasteiger partial charge on any atom is 0.118 e. The lowest BCUT2D eigenvalue weighted by molar-refractivity contribution is 0.144. The Bertz CT molecular complexity index is 394. The summed E-state index contributed by atoms with van der Waals surface area (Å²) in [6.07, 6.45) is 6.92. The monoisotopic (exact) mass is 292 g/mol. The molecule has 3 heteroatoms. The predicted molar refractivity (Wildman–Crippen MR) is 88.2 cm³/mol. The normalized spacial score (nSPS) is 17.0. The summed E-state index contributed by atoms with van der Waals surface area (Å²) in [5.74, 6) is 2.86. The molecular formula is C18H32N2O. The molecular weight excluding hydrogens is 260 g/mol. The van der Waals surface area contributed by atoms with Gasteiger partial charge in [0.1, 0.15) is 11.5 Å². The largest absolute Gasteiger partial charge is 0.463 e. The number of nitrogens with one attached hydrogen (secondary N) is 1. The zero-order valence-corrected chi connectivity index (χ0v) is 14.0. The van der Waals surface area contributed by atoms with Gasteiger partial charge in [-0.25, -0.2) is 0 Å². The van der Waals surface area contributed by atoms with Crippen LogP contribution in [0.2, 0.25) is 0 Å². The van der Waals surface area contributed by atoms with Crippen LogP contribution in [0.3, 0.4) is 0 Å². The van der Waals surface area contributed by atoms with Crippen molar-refractivity contribution in [1.82, 2.24) is 10.2 Å². The molecule has 2 rings (SSSR count). The molecule has 1 aromatic heterocycles. The summed E-state index contributed by atoms with van der Waals surface area (Å²) >= 11 is 0. The molecule has 0 aliphatic heterocycles. The van der Waals surface area contributed by atoms with Gasteiger partial charge in [0.25, 0.3) is 0 Å². The van der Waals surface area contributed by atoms with E-state index >= 15 is 0 Å². The van der Waals surface area contributed by atoms with Crippen molar-refractivity contribution < 1.29 is 4.42 Å². The molecule has 0 unspecified atom stereocenters.